The van der Waals surface area contributed by atoms with Gasteiger partial charge in [0.2, 0.25) is 0 Å². The second-order valence-electron chi connectivity index (χ2n) is 4.09. The molecular formula is C10H17N2+. The van der Waals surface area contributed by atoms with Gasteiger partial charge in [-0.1, -0.05) is 6.07 Å². The lowest BCUT2D eigenvalue weighted by atomic mass is 10.2. The zero-order valence-corrected chi connectivity index (χ0v) is 8.12. The first-order valence-electron chi connectivity index (χ1n) is 4.28. The van der Waals surface area contributed by atoms with Crippen LogP contribution in [0.2, 0.25) is 0 Å². The molecule has 0 atom stereocenters. The lowest BCUT2D eigenvalue weighted by Gasteiger charge is -2.23. The molecule has 0 spiro atoms. The summed E-state index contributed by atoms with van der Waals surface area (Å²) in [6.07, 6.45) is 2.91. The first kappa shape index (κ1) is 9.20. The summed E-state index contributed by atoms with van der Waals surface area (Å²) in [5.74, 6) is 0. The summed E-state index contributed by atoms with van der Waals surface area (Å²) >= 11 is 0. The maximum Gasteiger partial charge on any atom is 0.0836 e. The third-order valence-electron chi connectivity index (χ3n) is 1.76. The van der Waals surface area contributed by atoms with E-state index in [9.17, 15) is 0 Å². The summed E-state index contributed by atoms with van der Waals surface area (Å²) in [5, 5.41) is 0. The number of hydrogen-bond donors (Lipinski definition) is 0. The topological polar surface area (TPSA) is 12.9 Å². The van der Waals surface area contributed by atoms with E-state index in [1.165, 1.54) is 5.69 Å². The van der Waals surface area contributed by atoms with Gasteiger partial charge < -0.3 is 4.48 Å². The van der Waals surface area contributed by atoms with Crippen molar-refractivity contribution in [2.75, 3.05) is 27.7 Å². The van der Waals surface area contributed by atoms with Crippen molar-refractivity contribution in [1.82, 2.24) is 4.98 Å². The molecule has 1 aromatic rings. The van der Waals surface area contributed by atoms with Gasteiger partial charge >= 0.3 is 0 Å². The van der Waals surface area contributed by atoms with Crippen LogP contribution in [0.4, 0.5) is 0 Å². The van der Waals surface area contributed by atoms with Crippen molar-refractivity contribution < 1.29 is 4.48 Å². The van der Waals surface area contributed by atoms with Crippen LogP contribution < -0.4 is 0 Å². The van der Waals surface area contributed by atoms with Gasteiger partial charge in [-0.25, -0.2) is 0 Å². The van der Waals surface area contributed by atoms with Gasteiger partial charge in [-0.2, -0.15) is 0 Å². The van der Waals surface area contributed by atoms with E-state index in [2.05, 4.69) is 32.2 Å². The molecule has 0 N–H and O–H groups in total. The quantitative estimate of drug-likeness (QED) is 0.616. The standard InChI is InChI=1S/C10H17N2/c1-12(2,3)9-7-10-6-4-5-8-11-10/h4-6,8H,7,9H2,1-3H3/q+1. The molecule has 0 radical (unpaired) electrons. The molecule has 0 saturated carbocycles. The highest BCUT2D eigenvalue weighted by Gasteiger charge is 2.06. The third-order valence-corrected chi connectivity index (χ3v) is 1.76. The summed E-state index contributed by atoms with van der Waals surface area (Å²) in [5.41, 5.74) is 1.19. The van der Waals surface area contributed by atoms with E-state index < -0.39 is 0 Å². The van der Waals surface area contributed by atoms with Gasteiger partial charge in [0.15, 0.2) is 0 Å². The van der Waals surface area contributed by atoms with Gasteiger partial charge in [0, 0.05) is 18.3 Å². The highest BCUT2D eigenvalue weighted by atomic mass is 15.3. The number of hydrogen-bond acceptors (Lipinski definition) is 1. The fraction of sp³-hybridized carbons (Fsp3) is 0.500. The minimum Gasteiger partial charge on any atom is -0.331 e. The van der Waals surface area contributed by atoms with E-state index in [-0.39, 0.29) is 0 Å². The summed E-state index contributed by atoms with van der Waals surface area (Å²) in [4.78, 5) is 4.27. The van der Waals surface area contributed by atoms with Crippen molar-refractivity contribution in [3.8, 4) is 0 Å². The molecule has 0 aliphatic heterocycles. The average Bonchev–Trinajstić information content (AvgIpc) is 2.02. The highest BCUT2D eigenvalue weighted by molar-refractivity contribution is 5.03. The van der Waals surface area contributed by atoms with E-state index in [1.807, 2.05) is 18.3 Å². The molecular weight excluding hydrogens is 148 g/mol. The average molecular weight is 165 g/mol. The van der Waals surface area contributed by atoms with E-state index in [1.54, 1.807) is 0 Å². The van der Waals surface area contributed by atoms with Crippen LogP contribution >= 0.6 is 0 Å². The SMILES string of the molecule is C[N+](C)(C)CCc1ccccn1. The van der Waals surface area contributed by atoms with E-state index in [0.29, 0.717) is 0 Å². The molecule has 0 aliphatic rings. The Morgan fingerprint density at radius 2 is 2.00 bits per heavy atom. The van der Waals surface area contributed by atoms with E-state index >= 15 is 0 Å². The minimum atomic E-state index is 0.997. The Kier molecular flexibility index (Phi) is 2.82. The molecule has 0 aromatic carbocycles. The number of pyridine rings is 1. The second kappa shape index (κ2) is 3.68. The van der Waals surface area contributed by atoms with Crippen LogP contribution in [0.15, 0.2) is 24.4 Å². The Morgan fingerprint density at radius 3 is 2.50 bits per heavy atom. The summed E-state index contributed by atoms with van der Waals surface area (Å²) in [6, 6.07) is 6.07. The second-order valence-corrected chi connectivity index (χ2v) is 4.09. The Morgan fingerprint density at radius 1 is 1.25 bits per heavy atom. The normalized spacial score (nSPS) is 11.6. The van der Waals surface area contributed by atoms with Gasteiger partial charge in [0.1, 0.15) is 0 Å². The fourth-order valence-corrected chi connectivity index (χ4v) is 0.996. The molecule has 66 valence electrons. The van der Waals surface area contributed by atoms with Crippen LogP contribution in [0.5, 0.6) is 0 Å². The van der Waals surface area contributed by atoms with E-state index in [4.69, 9.17) is 0 Å². The molecule has 0 amide bonds. The maximum atomic E-state index is 4.27. The lowest BCUT2D eigenvalue weighted by molar-refractivity contribution is -0.870. The van der Waals surface area contributed by atoms with Gasteiger partial charge in [-0.15, -0.1) is 0 Å². The van der Waals surface area contributed by atoms with Gasteiger partial charge in [0.05, 0.1) is 27.7 Å². The molecule has 2 heteroatoms. The molecule has 1 heterocycles. The predicted molar refractivity (Wildman–Crippen MR) is 50.8 cm³/mol. The zero-order valence-electron chi connectivity index (χ0n) is 8.12. The smallest absolute Gasteiger partial charge is 0.0836 e. The predicted octanol–water partition coefficient (Wildman–Crippen LogP) is 1.33. The summed E-state index contributed by atoms with van der Waals surface area (Å²) in [7, 11) is 6.59. The van der Waals surface area contributed by atoms with Crippen LogP contribution in [0.3, 0.4) is 0 Å². The van der Waals surface area contributed by atoms with Crippen molar-refractivity contribution in [1.29, 1.82) is 0 Å². The molecule has 1 aromatic heterocycles. The third kappa shape index (κ3) is 3.49. The molecule has 2 nitrogen and oxygen atoms in total. The Bertz CT molecular complexity index is 223. The Hall–Kier alpha value is -0.890. The number of quaternary nitrogens is 1. The maximum absolute atomic E-state index is 4.27. The van der Waals surface area contributed by atoms with E-state index in [0.717, 1.165) is 17.4 Å². The number of aromatic nitrogens is 1. The summed E-state index contributed by atoms with van der Waals surface area (Å²) in [6.45, 7) is 1.14. The molecule has 1 rings (SSSR count). The van der Waals surface area contributed by atoms with Crippen molar-refractivity contribution in [3.05, 3.63) is 30.1 Å². The van der Waals surface area contributed by atoms with Crippen LogP contribution in [0, 0.1) is 0 Å². The number of nitrogens with zero attached hydrogens (tertiary/aromatic N) is 2. The lowest BCUT2D eigenvalue weighted by Crippen LogP contribution is -2.36. The van der Waals surface area contributed by atoms with Gasteiger partial charge in [-0.05, 0) is 12.1 Å². The van der Waals surface area contributed by atoms with Crippen molar-refractivity contribution in [2.45, 2.75) is 6.42 Å². The zero-order chi connectivity index (χ0) is 9.03. The minimum absolute atomic E-state index is 0.997. The molecule has 0 aliphatic carbocycles. The van der Waals surface area contributed by atoms with Crippen LogP contribution in [-0.2, 0) is 6.42 Å². The summed E-state index contributed by atoms with van der Waals surface area (Å²) < 4.78 is 0.997. The molecule has 0 saturated heterocycles. The van der Waals surface area contributed by atoms with Gasteiger partial charge in [0.25, 0.3) is 0 Å². The number of likely N-dealkylation sites (N-methyl/N-ethyl adjacent to an activating group) is 1. The first-order chi connectivity index (χ1) is 5.58. The monoisotopic (exact) mass is 165 g/mol. The molecule has 0 fully saturated rings. The number of rotatable bonds is 3. The van der Waals surface area contributed by atoms with Crippen molar-refractivity contribution >= 4 is 0 Å². The van der Waals surface area contributed by atoms with Crippen LogP contribution in [0.25, 0.3) is 0 Å². The molecule has 0 unspecified atom stereocenters. The van der Waals surface area contributed by atoms with Crippen LogP contribution in [-0.4, -0.2) is 37.2 Å². The molecule has 12 heavy (non-hydrogen) atoms. The first-order valence-corrected chi connectivity index (χ1v) is 4.28. The van der Waals surface area contributed by atoms with Crippen molar-refractivity contribution in [3.63, 3.8) is 0 Å². The molecule has 0 bridgehead atoms. The Labute approximate surface area is 74.4 Å². The van der Waals surface area contributed by atoms with Crippen LogP contribution in [0.1, 0.15) is 5.69 Å². The Balaban J connectivity index is 2.44. The van der Waals surface area contributed by atoms with Crippen molar-refractivity contribution in [2.24, 2.45) is 0 Å². The fourth-order valence-electron chi connectivity index (χ4n) is 0.996. The largest absolute Gasteiger partial charge is 0.331 e. The van der Waals surface area contributed by atoms with Gasteiger partial charge in [-0.3, -0.25) is 4.98 Å². The highest BCUT2D eigenvalue weighted by Crippen LogP contribution is 1.98.